The molecule has 2 aromatic rings. The highest BCUT2D eigenvalue weighted by Gasteiger charge is 2.26. The maximum Gasteiger partial charge on any atom is 0.142 e. The van der Waals surface area contributed by atoms with E-state index in [1.165, 1.54) is 23.1 Å². The summed E-state index contributed by atoms with van der Waals surface area (Å²) in [5.74, 6) is 1.41. The van der Waals surface area contributed by atoms with Gasteiger partial charge in [0.05, 0.1) is 12.6 Å². The summed E-state index contributed by atoms with van der Waals surface area (Å²) in [5.41, 5.74) is 9.66. The van der Waals surface area contributed by atoms with Gasteiger partial charge >= 0.3 is 0 Å². The second-order valence-electron chi connectivity index (χ2n) is 4.37. The Morgan fingerprint density at radius 2 is 2.38 bits per heavy atom. The molecule has 0 saturated heterocycles. The second kappa shape index (κ2) is 3.52. The molecule has 0 spiro atoms. The number of rotatable bonds is 2. The lowest BCUT2D eigenvalue weighted by Gasteiger charge is -2.05. The van der Waals surface area contributed by atoms with Gasteiger partial charge in [0.25, 0.3) is 0 Å². The van der Waals surface area contributed by atoms with Gasteiger partial charge in [0, 0.05) is 23.5 Å². The lowest BCUT2D eigenvalue weighted by Crippen LogP contribution is -2.09. The number of aryl methyl sites for hydroxylation is 1. The number of fused-ring (bicyclic) bond motifs is 3. The summed E-state index contributed by atoms with van der Waals surface area (Å²) in [5, 5.41) is 1.30. The van der Waals surface area contributed by atoms with Crippen LogP contribution in [0.1, 0.15) is 23.6 Å². The molecular weight excluding hydrogens is 200 g/mol. The van der Waals surface area contributed by atoms with E-state index in [4.69, 9.17) is 10.5 Å². The van der Waals surface area contributed by atoms with E-state index < -0.39 is 0 Å². The molecule has 1 aliphatic rings. The third-order valence-electron chi connectivity index (χ3n) is 3.59. The van der Waals surface area contributed by atoms with Crippen LogP contribution in [0.15, 0.2) is 18.2 Å². The first-order valence-electron chi connectivity index (χ1n) is 5.72. The smallest absolute Gasteiger partial charge is 0.142 e. The van der Waals surface area contributed by atoms with Crippen molar-refractivity contribution in [1.29, 1.82) is 0 Å². The molecule has 3 N–H and O–H groups in total. The van der Waals surface area contributed by atoms with Crippen molar-refractivity contribution in [3.8, 4) is 5.75 Å². The van der Waals surface area contributed by atoms with Crippen LogP contribution in [0.5, 0.6) is 5.75 Å². The number of hydrogen-bond acceptors (Lipinski definition) is 2. The summed E-state index contributed by atoms with van der Waals surface area (Å²) in [6, 6.07) is 6.20. The number of H-pyrrole nitrogens is 1. The molecule has 1 unspecified atom stereocenters. The Bertz CT molecular complexity index is 530. The number of aromatic amines is 1. The third-order valence-corrected chi connectivity index (χ3v) is 3.59. The molecule has 1 aliphatic carbocycles. The molecule has 1 aromatic heterocycles. The fourth-order valence-electron chi connectivity index (χ4n) is 2.75. The Hall–Kier alpha value is -1.48. The predicted octanol–water partition coefficient (Wildman–Crippen LogP) is 2.17. The highest BCUT2D eigenvalue weighted by molar-refractivity contribution is 5.90. The van der Waals surface area contributed by atoms with E-state index in [1.54, 1.807) is 7.11 Å². The first kappa shape index (κ1) is 9.73. The zero-order valence-corrected chi connectivity index (χ0v) is 9.42. The van der Waals surface area contributed by atoms with Crippen LogP contribution in [0.25, 0.3) is 10.9 Å². The molecule has 0 saturated carbocycles. The monoisotopic (exact) mass is 216 g/mol. The molecule has 0 radical (unpaired) electrons. The zero-order chi connectivity index (χ0) is 11.1. The van der Waals surface area contributed by atoms with Crippen LogP contribution in [0.2, 0.25) is 0 Å². The Morgan fingerprint density at radius 1 is 1.50 bits per heavy atom. The summed E-state index contributed by atoms with van der Waals surface area (Å²) in [7, 11) is 1.71. The highest BCUT2D eigenvalue weighted by Crippen LogP contribution is 2.39. The number of hydrogen-bond donors (Lipinski definition) is 2. The fourth-order valence-corrected chi connectivity index (χ4v) is 2.75. The van der Waals surface area contributed by atoms with Crippen LogP contribution in [-0.4, -0.2) is 18.6 Å². The van der Waals surface area contributed by atoms with E-state index in [0.29, 0.717) is 5.92 Å². The van der Waals surface area contributed by atoms with Crippen LogP contribution >= 0.6 is 0 Å². The average molecular weight is 216 g/mol. The van der Waals surface area contributed by atoms with Gasteiger partial charge in [-0.15, -0.1) is 0 Å². The van der Waals surface area contributed by atoms with E-state index in [-0.39, 0.29) is 0 Å². The molecule has 0 bridgehead atoms. The number of benzene rings is 1. The van der Waals surface area contributed by atoms with Gasteiger partial charge in [0.2, 0.25) is 0 Å². The zero-order valence-electron chi connectivity index (χ0n) is 9.42. The van der Waals surface area contributed by atoms with E-state index in [1.807, 2.05) is 12.1 Å². The Balaban J connectivity index is 2.25. The lowest BCUT2D eigenvalue weighted by molar-refractivity contribution is 0.419. The van der Waals surface area contributed by atoms with Crippen molar-refractivity contribution in [2.45, 2.75) is 18.8 Å². The quantitative estimate of drug-likeness (QED) is 0.808. The number of para-hydroxylation sites is 1. The minimum atomic E-state index is 0.493. The van der Waals surface area contributed by atoms with Gasteiger partial charge in [-0.1, -0.05) is 12.1 Å². The predicted molar refractivity (Wildman–Crippen MR) is 65.0 cm³/mol. The first-order valence-corrected chi connectivity index (χ1v) is 5.72. The molecule has 0 aliphatic heterocycles. The molecule has 3 rings (SSSR count). The van der Waals surface area contributed by atoms with Gasteiger partial charge in [-0.3, -0.25) is 0 Å². The van der Waals surface area contributed by atoms with Gasteiger partial charge in [-0.05, 0) is 24.5 Å². The number of nitrogens with one attached hydrogen (secondary N) is 1. The Kier molecular flexibility index (Phi) is 2.14. The molecule has 3 heteroatoms. The van der Waals surface area contributed by atoms with Crippen molar-refractivity contribution in [3.05, 3.63) is 29.5 Å². The minimum absolute atomic E-state index is 0.493. The number of nitrogens with two attached hydrogens (primary N) is 1. The standard InChI is InChI=1S/C13H16N2O/c1-16-11-4-2-3-9-10-6-5-8(7-14)12(10)15-13(9)11/h2-4,8,15H,5-7,14H2,1H3. The lowest BCUT2D eigenvalue weighted by atomic mass is 10.1. The van der Waals surface area contributed by atoms with E-state index in [2.05, 4.69) is 11.1 Å². The van der Waals surface area contributed by atoms with Gasteiger partial charge in [-0.25, -0.2) is 0 Å². The molecule has 3 nitrogen and oxygen atoms in total. The molecule has 1 aromatic carbocycles. The first-order chi connectivity index (χ1) is 7.85. The van der Waals surface area contributed by atoms with E-state index >= 15 is 0 Å². The van der Waals surface area contributed by atoms with Crippen molar-refractivity contribution in [2.75, 3.05) is 13.7 Å². The number of methoxy groups -OCH3 is 1. The number of ether oxygens (including phenoxy) is 1. The average Bonchev–Trinajstić information content (AvgIpc) is 2.86. The largest absolute Gasteiger partial charge is 0.495 e. The van der Waals surface area contributed by atoms with Crippen molar-refractivity contribution >= 4 is 10.9 Å². The van der Waals surface area contributed by atoms with Crippen LogP contribution in [0.3, 0.4) is 0 Å². The molecule has 1 heterocycles. The van der Waals surface area contributed by atoms with Gasteiger partial charge in [0.15, 0.2) is 0 Å². The molecule has 16 heavy (non-hydrogen) atoms. The highest BCUT2D eigenvalue weighted by atomic mass is 16.5. The van der Waals surface area contributed by atoms with Gasteiger partial charge in [-0.2, -0.15) is 0 Å². The summed E-state index contributed by atoms with van der Waals surface area (Å²) in [6.07, 6.45) is 2.30. The van der Waals surface area contributed by atoms with Crippen molar-refractivity contribution in [2.24, 2.45) is 5.73 Å². The summed E-state index contributed by atoms with van der Waals surface area (Å²) < 4.78 is 5.37. The molecule has 0 amide bonds. The van der Waals surface area contributed by atoms with E-state index in [0.717, 1.165) is 24.2 Å². The van der Waals surface area contributed by atoms with Crippen molar-refractivity contribution < 1.29 is 4.74 Å². The van der Waals surface area contributed by atoms with Crippen molar-refractivity contribution in [1.82, 2.24) is 4.98 Å². The molecular formula is C13H16N2O. The maximum atomic E-state index is 5.79. The normalized spacial score (nSPS) is 19.0. The summed E-state index contributed by atoms with van der Waals surface area (Å²) in [6.45, 7) is 0.724. The fraction of sp³-hybridized carbons (Fsp3) is 0.385. The van der Waals surface area contributed by atoms with Gasteiger partial charge < -0.3 is 15.5 Å². The SMILES string of the molecule is COc1cccc2c3c([nH]c12)C(CN)CC3. The third kappa shape index (κ3) is 1.18. The number of aromatic nitrogens is 1. The van der Waals surface area contributed by atoms with Crippen molar-refractivity contribution in [3.63, 3.8) is 0 Å². The minimum Gasteiger partial charge on any atom is -0.495 e. The molecule has 0 fully saturated rings. The Labute approximate surface area is 94.6 Å². The van der Waals surface area contributed by atoms with Crippen LogP contribution < -0.4 is 10.5 Å². The van der Waals surface area contributed by atoms with Crippen LogP contribution in [0, 0.1) is 0 Å². The van der Waals surface area contributed by atoms with Gasteiger partial charge in [0.1, 0.15) is 5.75 Å². The Morgan fingerprint density at radius 3 is 3.12 bits per heavy atom. The summed E-state index contributed by atoms with van der Waals surface area (Å²) in [4.78, 5) is 3.49. The second-order valence-corrected chi connectivity index (χ2v) is 4.37. The van der Waals surface area contributed by atoms with E-state index in [9.17, 15) is 0 Å². The molecule has 84 valence electrons. The topological polar surface area (TPSA) is 51.0 Å². The summed E-state index contributed by atoms with van der Waals surface area (Å²) >= 11 is 0. The maximum absolute atomic E-state index is 5.79. The molecule has 1 atom stereocenters. The van der Waals surface area contributed by atoms with Crippen LogP contribution in [-0.2, 0) is 6.42 Å². The van der Waals surface area contributed by atoms with Crippen LogP contribution in [0.4, 0.5) is 0 Å².